The van der Waals surface area contributed by atoms with E-state index in [4.69, 9.17) is 0 Å². The first kappa shape index (κ1) is 16.8. The molecular weight excluding hydrogens is 250 g/mol. The fourth-order valence-corrected chi connectivity index (χ4v) is 2.09. The van der Waals surface area contributed by atoms with E-state index in [-0.39, 0.29) is 5.78 Å². The van der Waals surface area contributed by atoms with Crippen LogP contribution in [-0.2, 0) is 0 Å². The molecule has 0 unspecified atom stereocenters. The lowest BCUT2D eigenvalue weighted by atomic mass is 10.1. The largest absolute Gasteiger partial charge is 0.314 e. The molecule has 1 heterocycles. The molecule has 1 aromatic rings. The van der Waals surface area contributed by atoms with Gasteiger partial charge in [-0.3, -0.25) is 9.69 Å². The number of rotatable bonds is 3. The first-order valence-electron chi connectivity index (χ1n) is 7.58. The number of Topliss-reactive ketones (excluding diaryl/α,β-unsaturated/α-hetero) is 1. The fraction of sp³-hybridized carbons (Fsp3) is 0.562. The molecule has 0 aromatic heterocycles. The first-order valence-corrected chi connectivity index (χ1v) is 7.58. The zero-order valence-corrected chi connectivity index (χ0v) is 12.7. The second-order valence-corrected chi connectivity index (χ2v) is 4.57. The fourth-order valence-electron chi connectivity index (χ4n) is 2.09. The predicted octanol–water partition coefficient (Wildman–Crippen LogP) is 1.39. The number of carbonyl (C=O) groups is 1. The maximum atomic E-state index is 12.1. The highest BCUT2D eigenvalue weighted by atomic mass is 16.1. The van der Waals surface area contributed by atoms with Crippen LogP contribution in [-0.4, -0.2) is 56.5 Å². The summed E-state index contributed by atoms with van der Waals surface area (Å²) >= 11 is 0. The molecule has 0 amide bonds. The minimum atomic E-state index is 0.204. The van der Waals surface area contributed by atoms with E-state index in [9.17, 15) is 4.79 Å². The second kappa shape index (κ2) is 10.5. The molecule has 0 aliphatic carbocycles. The monoisotopic (exact) mass is 277 g/mol. The predicted molar refractivity (Wildman–Crippen MR) is 84.3 cm³/mol. The third kappa shape index (κ3) is 6.28. The highest BCUT2D eigenvalue weighted by molar-refractivity contribution is 5.97. The van der Waals surface area contributed by atoms with Gasteiger partial charge in [-0.1, -0.05) is 44.2 Å². The molecule has 1 aliphatic heterocycles. The van der Waals surface area contributed by atoms with E-state index in [1.807, 2.05) is 44.2 Å². The molecule has 0 spiro atoms. The van der Waals surface area contributed by atoms with Gasteiger partial charge < -0.3 is 10.6 Å². The molecule has 1 saturated heterocycles. The number of nitrogens with zero attached hydrogens (tertiary/aromatic N) is 1. The third-order valence-electron chi connectivity index (χ3n) is 3.15. The summed E-state index contributed by atoms with van der Waals surface area (Å²) in [7, 11) is 0. The molecule has 4 nitrogen and oxygen atoms in total. The van der Waals surface area contributed by atoms with Crippen molar-refractivity contribution in [3.8, 4) is 0 Å². The van der Waals surface area contributed by atoms with Crippen LogP contribution in [0.15, 0.2) is 30.3 Å². The van der Waals surface area contributed by atoms with Crippen LogP contribution in [0.25, 0.3) is 0 Å². The maximum absolute atomic E-state index is 12.1. The van der Waals surface area contributed by atoms with Crippen LogP contribution in [0.2, 0.25) is 0 Å². The van der Waals surface area contributed by atoms with Crippen molar-refractivity contribution in [3.63, 3.8) is 0 Å². The molecule has 2 rings (SSSR count). The van der Waals surface area contributed by atoms with Gasteiger partial charge in [0.2, 0.25) is 0 Å². The number of hydrogen-bond acceptors (Lipinski definition) is 4. The summed E-state index contributed by atoms with van der Waals surface area (Å²) in [5.74, 6) is 0.204. The Morgan fingerprint density at radius 1 is 1.00 bits per heavy atom. The Hall–Kier alpha value is -1.23. The Morgan fingerprint density at radius 3 is 2.10 bits per heavy atom. The van der Waals surface area contributed by atoms with Gasteiger partial charge in [0.05, 0.1) is 6.54 Å². The topological polar surface area (TPSA) is 44.4 Å². The lowest BCUT2D eigenvalue weighted by Gasteiger charge is -2.20. The van der Waals surface area contributed by atoms with Gasteiger partial charge in [0.25, 0.3) is 0 Å². The Bertz CT molecular complexity index is 357. The van der Waals surface area contributed by atoms with Crippen LogP contribution in [0.4, 0.5) is 0 Å². The van der Waals surface area contributed by atoms with Gasteiger partial charge in [0.15, 0.2) is 5.78 Å². The SMILES string of the molecule is CC.O=C(CN1CCNCCNCC1)c1ccccc1. The Balaban J connectivity index is 0.000000956. The number of nitrogens with one attached hydrogen (secondary N) is 2. The van der Waals surface area contributed by atoms with Crippen molar-refractivity contribution in [2.45, 2.75) is 13.8 Å². The molecule has 0 bridgehead atoms. The van der Waals surface area contributed by atoms with Crippen LogP contribution in [0, 0.1) is 0 Å². The van der Waals surface area contributed by atoms with E-state index in [1.54, 1.807) is 0 Å². The van der Waals surface area contributed by atoms with Gasteiger partial charge >= 0.3 is 0 Å². The van der Waals surface area contributed by atoms with Crippen molar-refractivity contribution in [3.05, 3.63) is 35.9 Å². The summed E-state index contributed by atoms with van der Waals surface area (Å²) in [6.45, 7) is 10.3. The van der Waals surface area contributed by atoms with Crippen LogP contribution in [0.5, 0.6) is 0 Å². The minimum absolute atomic E-state index is 0.204. The van der Waals surface area contributed by atoms with Crippen LogP contribution in [0.3, 0.4) is 0 Å². The maximum Gasteiger partial charge on any atom is 0.176 e. The highest BCUT2D eigenvalue weighted by Crippen LogP contribution is 2.01. The minimum Gasteiger partial charge on any atom is -0.314 e. The van der Waals surface area contributed by atoms with Crippen LogP contribution >= 0.6 is 0 Å². The Morgan fingerprint density at radius 2 is 1.55 bits per heavy atom. The lowest BCUT2D eigenvalue weighted by Crippen LogP contribution is -2.37. The third-order valence-corrected chi connectivity index (χ3v) is 3.15. The number of benzene rings is 1. The normalized spacial score (nSPS) is 17.1. The van der Waals surface area contributed by atoms with Crippen molar-refractivity contribution in [2.24, 2.45) is 0 Å². The van der Waals surface area contributed by atoms with E-state index in [0.717, 1.165) is 44.8 Å². The van der Waals surface area contributed by atoms with E-state index < -0.39 is 0 Å². The lowest BCUT2D eigenvalue weighted by molar-refractivity contribution is 0.0933. The number of ketones is 1. The zero-order chi connectivity index (χ0) is 14.6. The van der Waals surface area contributed by atoms with Crippen molar-refractivity contribution in [1.29, 1.82) is 0 Å². The molecule has 1 aromatic carbocycles. The molecule has 20 heavy (non-hydrogen) atoms. The van der Waals surface area contributed by atoms with Crippen molar-refractivity contribution < 1.29 is 4.79 Å². The molecule has 4 heteroatoms. The molecule has 0 atom stereocenters. The molecule has 2 N–H and O–H groups in total. The van der Waals surface area contributed by atoms with E-state index in [0.29, 0.717) is 6.54 Å². The summed E-state index contributed by atoms with van der Waals surface area (Å²) in [6, 6.07) is 9.53. The molecule has 0 saturated carbocycles. The summed E-state index contributed by atoms with van der Waals surface area (Å²) in [6.07, 6.45) is 0. The van der Waals surface area contributed by atoms with Crippen LogP contribution in [0.1, 0.15) is 24.2 Å². The van der Waals surface area contributed by atoms with Crippen molar-refractivity contribution >= 4 is 5.78 Å². The average Bonchev–Trinajstić information content (AvgIpc) is 2.64. The summed E-state index contributed by atoms with van der Waals surface area (Å²) in [5, 5.41) is 6.71. The summed E-state index contributed by atoms with van der Waals surface area (Å²) in [4.78, 5) is 14.3. The molecule has 0 radical (unpaired) electrons. The smallest absolute Gasteiger partial charge is 0.176 e. The van der Waals surface area contributed by atoms with Gasteiger partial charge in [-0.15, -0.1) is 0 Å². The summed E-state index contributed by atoms with van der Waals surface area (Å²) < 4.78 is 0. The zero-order valence-electron chi connectivity index (χ0n) is 12.7. The van der Waals surface area contributed by atoms with Crippen LogP contribution < -0.4 is 10.6 Å². The van der Waals surface area contributed by atoms with E-state index in [1.165, 1.54) is 0 Å². The number of carbonyl (C=O) groups excluding carboxylic acids is 1. The molecule has 112 valence electrons. The molecule has 1 fully saturated rings. The van der Waals surface area contributed by atoms with Gasteiger partial charge in [0, 0.05) is 44.8 Å². The van der Waals surface area contributed by atoms with Gasteiger partial charge in [-0.2, -0.15) is 0 Å². The number of hydrogen-bond donors (Lipinski definition) is 2. The average molecular weight is 277 g/mol. The van der Waals surface area contributed by atoms with Gasteiger partial charge in [-0.05, 0) is 0 Å². The quantitative estimate of drug-likeness (QED) is 0.820. The van der Waals surface area contributed by atoms with Gasteiger partial charge in [-0.25, -0.2) is 0 Å². The summed E-state index contributed by atoms with van der Waals surface area (Å²) in [5.41, 5.74) is 0.804. The molecular formula is C16H27N3O. The van der Waals surface area contributed by atoms with E-state index >= 15 is 0 Å². The Labute approximate surface area is 122 Å². The van der Waals surface area contributed by atoms with E-state index in [2.05, 4.69) is 15.5 Å². The second-order valence-electron chi connectivity index (χ2n) is 4.57. The standard InChI is InChI=1S/C14H21N3O.C2H6/c18-14(13-4-2-1-3-5-13)12-17-10-8-15-6-7-16-9-11-17;1-2/h1-5,15-16H,6-12H2;1-2H3. The Kier molecular flexibility index (Phi) is 8.87. The first-order chi connectivity index (χ1) is 9.86. The molecule has 1 aliphatic rings. The van der Waals surface area contributed by atoms with Gasteiger partial charge in [0.1, 0.15) is 0 Å². The van der Waals surface area contributed by atoms with Crippen molar-refractivity contribution in [2.75, 3.05) is 45.8 Å². The van der Waals surface area contributed by atoms with Crippen molar-refractivity contribution in [1.82, 2.24) is 15.5 Å². The highest BCUT2D eigenvalue weighted by Gasteiger charge is 2.12.